The van der Waals surface area contributed by atoms with Crippen LogP contribution in [-0.2, 0) is 16.0 Å². The first-order chi connectivity index (χ1) is 10.1. The summed E-state index contributed by atoms with van der Waals surface area (Å²) < 4.78 is 0. The van der Waals surface area contributed by atoms with E-state index in [-0.39, 0.29) is 24.3 Å². The summed E-state index contributed by atoms with van der Waals surface area (Å²) in [5.41, 5.74) is 2.12. The molecule has 1 heterocycles. The number of anilines is 1. The fourth-order valence-electron chi connectivity index (χ4n) is 2.96. The van der Waals surface area contributed by atoms with Gasteiger partial charge >= 0.3 is 0 Å². The van der Waals surface area contributed by atoms with Crippen molar-refractivity contribution in [2.45, 2.75) is 58.5 Å². The van der Waals surface area contributed by atoms with Gasteiger partial charge in [0.2, 0.25) is 5.91 Å². The molecule has 1 atom stereocenters. The summed E-state index contributed by atoms with van der Waals surface area (Å²) in [6.07, 6.45) is 2.78. The highest BCUT2D eigenvalue weighted by atomic mass is 16.2. The number of imide groups is 1. The van der Waals surface area contributed by atoms with Crippen LogP contribution in [0.25, 0.3) is 0 Å². The van der Waals surface area contributed by atoms with Gasteiger partial charge < -0.3 is 5.32 Å². The Bertz CT molecular complexity index is 523. The molecule has 4 heteroatoms. The van der Waals surface area contributed by atoms with Gasteiger partial charge in [-0.05, 0) is 30.9 Å². The Kier molecular flexibility index (Phi) is 4.99. The average Bonchev–Trinajstić information content (AvgIpc) is 2.77. The molecule has 1 saturated heterocycles. The molecule has 1 fully saturated rings. The smallest absolute Gasteiger partial charge is 0.252 e. The third-order valence-electron chi connectivity index (χ3n) is 4.22. The van der Waals surface area contributed by atoms with Crippen LogP contribution in [0.15, 0.2) is 24.3 Å². The Hall–Kier alpha value is -1.84. The van der Waals surface area contributed by atoms with Crippen LogP contribution in [0.1, 0.15) is 45.6 Å². The number of nitrogens with zero attached hydrogens (tertiary/aromatic N) is 1. The van der Waals surface area contributed by atoms with Crippen molar-refractivity contribution in [2.75, 3.05) is 5.32 Å². The van der Waals surface area contributed by atoms with Gasteiger partial charge in [0.05, 0.1) is 6.42 Å². The lowest BCUT2D eigenvalue weighted by Crippen LogP contribution is -2.41. The quantitative estimate of drug-likeness (QED) is 0.819. The zero-order valence-corrected chi connectivity index (χ0v) is 13.1. The summed E-state index contributed by atoms with van der Waals surface area (Å²) >= 11 is 0. The highest BCUT2D eigenvalue weighted by molar-refractivity contribution is 6.07. The molecule has 2 amide bonds. The predicted molar refractivity (Wildman–Crippen MR) is 84.1 cm³/mol. The maximum absolute atomic E-state index is 12.5. The van der Waals surface area contributed by atoms with Crippen molar-refractivity contribution < 1.29 is 9.59 Å². The van der Waals surface area contributed by atoms with Gasteiger partial charge in [-0.2, -0.15) is 0 Å². The monoisotopic (exact) mass is 288 g/mol. The first kappa shape index (κ1) is 15.5. The third-order valence-corrected chi connectivity index (χ3v) is 4.22. The number of para-hydroxylation sites is 1. The highest BCUT2D eigenvalue weighted by Gasteiger charge is 2.41. The van der Waals surface area contributed by atoms with Crippen molar-refractivity contribution in [3.63, 3.8) is 0 Å². The lowest BCUT2D eigenvalue weighted by Gasteiger charge is -2.24. The number of carbonyl (C=O) groups excluding carboxylic acids is 2. The number of carbonyl (C=O) groups is 2. The van der Waals surface area contributed by atoms with Gasteiger partial charge in [-0.15, -0.1) is 0 Å². The summed E-state index contributed by atoms with van der Waals surface area (Å²) in [5, 5.41) is 3.26. The van der Waals surface area contributed by atoms with Crippen LogP contribution in [0.2, 0.25) is 0 Å². The van der Waals surface area contributed by atoms with E-state index >= 15 is 0 Å². The van der Waals surface area contributed by atoms with Crippen molar-refractivity contribution in [3.8, 4) is 0 Å². The van der Waals surface area contributed by atoms with Gasteiger partial charge in [-0.3, -0.25) is 14.5 Å². The number of rotatable bonds is 6. The minimum absolute atomic E-state index is 0.0261. The molecule has 2 rings (SSSR count). The first-order valence-corrected chi connectivity index (χ1v) is 7.82. The molecule has 0 aliphatic carbocycles. The molecule has 114 valence electrons. The summed E-state index contributed by atoms with van der Waals surface area (Å²) in [4.78, 5) is 26.2. The second kappa shape index (κ2) is 6.74. The first-order valence-electron chi connectivity index (χ1n) is 7.82. The summed E-state index contributed by atoms with van der Waals surface area (Å²) in [6, 6.07) is 7.55. The molecule has 1 aromatic carbocycles. The number of aryl methyl sites for hydroxylation is 1. The lowest BCUT2D eigenvalue weighted by molar-refractivity contribution is -0.141. The van der Waals surface area contributed by atoms with Crippen LogP contribution in [-0.4, -0.2) is 28.8 Å². The van der Waals surface area contributed by atoms with E-state index in [1.165, 1.54) is 10.5 Å². The van der Waals surface area contributed by atoms with Gasteiger partial charge in [0.1, 0.15) is 6.04 Å². The molecule has 4 nitrogen and oxygen atoms in total. The van der Waals surface area contributed by atoms with Gasteiger partial charge in [0.25, 0.3) is 5.91 Å². The highest BCUT2D eigenvalue weighted by Crippen LogP contribution is 2.24. The Balaban J connectivity index is 2.16. The van der Waals surface area contributed by atoms with E-state index in [1.807, 2.05) is 38.1 Å². The second-order valence-corrected chi connectivity index (χ2v) is 5.48. The Morgan fingerprint density at radius 1 is 1.19 bits per heavy atom. The Morgan fingerprint density at radius 3 is 2.48 bits per heavy atom. The summed E-state index contributed by atoms with van der Waals surface area (Å²) in [6.45, 7) is 6.11. The Labute approximate surface area is 126 Å². The molecule has 1 aromatic rings. The summed E-state index contributed by atoms with van der Waals surface area (Å²) in [7, 11) is 0. The lowest BCUT2D eigenvalue weighted by atomic mass is 10.1. The van der Waals surface area contributed by atoms with Crippen LogP contribution >= 0.6 is 0 Å². The van der Waals surface area contributed by atoms with Crippen molar-refractivity contribution in [1.29, 1.82) is 0 Å². The van der Waals surface area contributed by atoms with Crippen LogP contribution in [0.3, 0.4) is 0 Å². The minimum Gasteiger partial charge on any atom is -0.373 e. The molecule has 1 aliphatic heterocycles. The molecule has 1 aliphatic rings. The number of likely N-dealkylation sites (tertiary alicyclic amines) is 1. The standard InChI is InChI=1S/C17H24N2O2/c1-4-12-9-7-8-10-14(12)18-15-11-16(20)19(17(15)21)13(5-2)6-3/h7-10,13,15,18H,4-6,11H2,1-3H3. The van der Waals surface area contributed by atoms with Crippen molar-refractivity contribution >= 4 is 17.5 Å². The van der Waals surface area contributed by atoms with Crippen molar-refractivity contribution in [2.24, 2.45) is 0 Å². The molecule has 1 unspecified atom stereocenters. The van der Waals surface area contributed by atoms with E-state index in [0.29, 0.717) is 0 Å². The molecule has 21 heavy (non-hydrogen) atoms. The summed E-state index contributed by atoms with van der Waals surface area (Å²) in [5.74, 6) is -0.139. The van der Waals surface area contributed by atoms with Gasteiger partial charge in [0.15, 0.2) is 0 Å². The third kappa shape index (κ3) is 3.09. The molecule has 0 aromatic heterocycles. The largest absolute Gasteiger partial charge is 0.373 e. The molecular weight excluding hydrogens is 264 g/mol. The zero-order valence-electron chi connectivity index (χ0n) is 13.1. The van der Waals surface area contributed by atoms with Crippen LogP contribution in [0.4, 0.5) is 5.69 Å². The normalized spacial score (nSPS) is 18.7. The van der Waals surface area contributed by atoms with Crippen molar-refractivity contribution in [3.05, 3.63) is 29.8 Å². The molecule has 0 saturated carbocycles. The number of nitrogens with one attached hydrogen (secondary N) is 1. The fraction of sp³-hybridized carbons (Fsp3) is 0.529. The molecule has 1 N–H and O–H groups in total. The average molecular weight is 288 g/mol. The van der Waals surface area contributed by atoms with Gasteiger partial charge in [0, 0.05) is 11.7 Å². The maximum atomic E-state index is 12.5. The molecule has 0 spiro atoms. The molecule has 0 radical (unpaired) electrons. The number of hydrogen-bond donors (Lipinski definition) is 1. The van der Waals surface area contributed by atoms with Crippen molar-refractivity contribution in [1.82, 2.24) is 4.90 Å². The SMILES string of the molecule is CCc1ccccc1NC1CC(=O)N(C(CC)CC)C1=O. The van der Waals surface area contributed by atoms with Crippen LogP contribution in [0, 0.1) is 0 Å². The number of benzene rings is 1. The minimum atomic E-state index is -0.425. The maximum Gasteiger partial charge on any atom is 0.252 e. The topological polar surface area (TPSA) is 49.4 Å². The fourth-order valence-corrected chi connectivity index (χ4v) is 2.96. The van der Waals surface area contributed by atoms with E-state index in [9.17, 15) is 9.59 Å². The van der Waals surface area contributed by atoms with E-state index in [1.54, 1.807) is 0 Å². The van der Waals surface area contributed by atoms with Crippen LogP contribution < -0.4 is 5.32 Å². The zero-order chi connectivity index (χ0) is 15.4. The van der Waals surface area contributed by atoms with E-state index in [0.717, 1.165) is 24.9 Å². The Morgan fingerprint density at radius 2 is 1.86 bits per heavy atom. The van der Waals surface area contributed by atoms with Crippen LogP contribution in [0.5, 0.6) is 0 Å². The van der Waals surface area contributed by atoms with E-state index < -0.39 is 6.04 Å². The van der Waals surface area contributed by atoms with E-state index in [4.69, 9.17) is 0 Å². The number of hydrogen-bond acceptors (Lipinski definition) is 3. The number of amides is 2. The van der Waals surface area contributed by atoms with Gasteiger partial charge in [-0.1, -0.05) is 39.0 Å². The van der Waals surface area contributed by atoms with Gasteiger partial charge in [-0.25, -0.2) is 0 Å². The molecule has 0 bridgehead atoms. The van der Waals surface area contributed by atoms with E-state index in [2.05, 4.69) is 12.2 Å². The molecular formula is C17H24N2O2. The second-order valence-electron chi connectivity index (χ2n) is 5.48. The predicted octanol–water partition coefficient (Wildman–Crippen LogP) is 2.98.